The summed E-state index contributed by atoms with van der Waals surface area (Å²) in [5.74, 6) is -2.04. The SMILES string of the molecule is CNc1ccnc(Oc2ccc(C#N)c(-c3ccc4c(c3)N(C)SN4CC3CC3(F)F)c2)n1. The fraction of sp³-hybridized carbons (Fsp3) is 0.261. The molecule has 1 aromatic heterocycles. The summed E-state index contributed by atoms with van der Waals surface area (Å²) in [4.78, 5) is 8.38. The molecule has 0 amide bonds. The monoisotopic (exact) mass is 466 g/mol. The minimum absolute atomic E-state index is 0.0551. The summed E-state index contributed by atoms with van der Waals surface area (Å²) < 4.78 is 36.5. The molecule has 1 saturated carbocycles. The summed E-state index contributed by atoms with van der Waals surface area (Å²) in [6, 6.07) is 15.1. The van der Waals surface area contributed by atoms with Gasteiger partial charge in [0.05, 0.1) is 35.1 Å². The van der Waals surface area contributed by atoms with Crippen molar-refractivity contribution in [3.63, 3.8) is 0 Å². The highest BCUT2D eigenvalue weighted by Crippen LogP contribution is 2.53. The normalized spacial score (nSPS) is 18.0. The van der Waals surface area contributed by atoms with Gasteiger partial charge in [0.2, 0.25) is 0 Å². The topological polar surface area (TPSA) is 77.3 Å². The van der Waals surface area contributed by atoms with Gasteiger partial charge in [0, 0.05) is 44.7 Å². The zero-order chi connectivity index (χ0) is 23.2. The van der Waals surface area contributed by atoms with Crippen LogP contribution in [-0.4, -0.2) is 36.5 Å². The van der Waals surface area contributed by atoms with Crippen LogP contribution in [0, 0.1) is 17.2 Å². The number of halogens is 2. The van der Waals surface area contributed by atoms with Gasteiger partial charge >= 0.3 is 6.01 Å². The highest BCUT2D eigenvalue weighted by Gasteiger charge is 2.57. The van der Waals surface area contributed by atoms with Crippen LogP contribution in [0.1, 0.15) is 12.0 Å². The Hall–Kier alpha value is -3.58. The van der Waals surface area contributed by atoms with Gasteiger partial charge < -0.3 is 10.1 Å². The largest absolute Gasteiger partial charge is 0.424 e. The highest BCUT2D eigenvalue weighted by molar-refractivity contribution is 8.02. The number of aromatic nitrogens is 2. The third-order valence-electron chi connectivity index (χ3n) is 5.67. The van der Waals surface area contributed by atoms with E-state index in [1.165, 1.54) is 12.1 Å². The third kappa shape index (κ3) is 4.12. The van der Waals surface area contributed by atoms with Crippen LogP contribution in [0.2, 0.25) is 0 Å². The van der Waals surface area contributed by atoms with Crippen molar-refractivity contribution in [3.05, 3.63) is 54.2 Å². The van der Waals surface area contributed by atoms with E-state index in [0.717, 1.165) is 16.9 Å². The van der Waals surface area contributed by atoms with E-state index in [1.54, 1.807) is 37.5 Å². The summed E-state index contributed by atoms with van der Waals surface area (Å²) in [6.45, 7) is 0.298. The Labute approximate surface area is 194 Å². The molecule has 1 unspecified atom stereocenters. The summed E-state index contributed by atoms with van der Waals surface area (Å²) in [5, 5.41) is 12.6. The van der Waals surface area contributed by atoms with Crippen LogP contribution in [0.5, 0.6) is 11.8 Å². The molecule has 7 nitrogen and oxygen atoms in total. The fourth-order valence-electron chi connectivity index (χ4n) is 3.75. The minimum Gasteiger partial charge on any atom is -0.424 e. The molecule has 2 aliphatic rings. The van der Waals surface area contributed by atoms with Gasteiger partial charge in [-0.2, -0.15) is 10.2 Å². The molecule has 0 bridgehead atoms. The van der Waals surface area contributed by atoms with Crippen molar-refractivity contribution in [3.8, 4) is 29.0 Å². The van der Waals surface area contributed by atoms with Crippen LogP contribution in [0.15, 0.2) is 48.7 Å². The number of hydrogen-bond donors (Lipinski definition) is 1. The number of alkyl halides is 2. The van der Waals surface area contributed by atoms with Gasteiger partial charge in [-0.25, -0.2) is 13.8 Å². The zero-order valence-electron chi connectivity index (χ0n) is 17.9. The first-order valence-corrected chi connectivity index (χ1v) is 11.1. The Kier molecular flexibility index (Phi) is 5.21. The molecule has 1 aliphatic carbocycles. The molecule has 10 heteroatoms. The van der Waals surface area contributed by atoms with Crippen molar-refractivity contribution in [2.75, 3.05) is 34.6 Å². The number of benzene rings is 2. The molecule has 1 aliphatic heterocycles. The second-order valence-corrected chi connectivity index (χ2v) is 9.05. The van der Waals surface area contributed by atoms with E-state index in [1.807, 2.05) is 33.9 Å². The summed E-state index contributed by atoms with van der Waals surface area (Å²) >= 11 is 1.41. The van der Waals surface area contributed by atoms with Crippen molar-refractivity contribution < 1.29 is 13.5 Å². The Morgan fingerprint density at radius 1 is 1.24 bits per heavy atom. The third-order valence-corrected chi connectivity index (χ3v) is 6.65. The number of hydrogen-bond acceptors (Lipinski definition) is 8. The second-order valence-electron chi connectivity index (χ2n) is 7.90. The number of anilines is 3. The maximum Gasteiger partial charge on any atom is 0.323 e. The van der Waals surface area contributed by atoms with Crippen molar-refractivity contribution in [1.29, 1.82) is 5.26 Å². The summed E-state index contributed by atoms with van der Waals surface area (Å²) in [5.41, 5.74) is 3.81. The Morgan fingerprint density at radius 2 is 2.06 bits per heavy atom. The fourth-order valence-corrected chi connectivity index (χ4v) is 4.77. The van der Waals surface area contributed by atoms with Crippen LogP contribution in [-0.2, 0) is 0 Å². The number of nitrogens with one attached hydrogen (secondary N) is 1. The first kappa shape index (κ1) is 21.3. The molecule has 0 spiro atoms. The van der Waals surface area contributed by atoms with E-state index in [-0.39, 0.29) is 12.4 Å². The van der Waals surface area contributed by atoms with E-state index >= 15 is 0 Å². The van der Waals surface area contributed by atoms with Gasteiger partial charge in [-0.3, -0.25) is 8.61 Å². The van der Waals surface area contributed by atoms with Gasteiger partial charge in [0.15, 0.2) is 0 Å². The van der Waals surface area contributed by atoms with Crippen LogP contribution < -0.4 is 18.7 Å². The zero-order valence-corrected chi connectivity index (χ0v) is 18.7. The van der Waals surface area contributed by atoms with Gasteiger partial charge in [-0.15, -0.1) is 0 Å². The van der Waals surface area contributed by atoms with E-state index in [0.29, 0.717) is 29.2 Å². The number of rotatable bonds is 6. The first-order chi connectivity index (χ1) is 15.9. The molecule has 2 aromatic carbocycles. The molecule has 3 aromatic rings. The number of nitriles is 1. The lowest BCUT2D eigenvalue weighted by atomic mass is 9.99. The number of ether oxygens (including phenoxy) is 1. The standard InChI is InChI=1S/C23H20F2N6OS/c1-27-21-7-8-28-22(29-21)32-17-5-3-15(12-26)18(10-17)14-4-6-19-20(9-14)30(2)33-31(19)13-16-11-23(16,24)25/h3-10,16H,11,13H2,1-2H3,(H,27,28,29). The van der Waals surface area contributed by atoms with Crippen LogP contribution in [0.25, 0.3) is 11.1 Å². The second kappa shape index (κ2) is 8.08. The van der Waals surface area contributed by atoms with Crippen LogP contribution in [0.4, 0.5) is 26.0 Å². The molecule has 168 valence electrons. The van der Waals surface area contributed by atoms with E-state index < -0.39 is 11.8 Å². The number of fused-ring (bicyclic) bond motifs is 1. The van der Waals surface area contributed by atoms with Gasteiger partial charge in [0.1, 0.15) is 11.6 Å². The van der Waals surface area contributed by atoms with Gasteiger partial charge in [-0.1, -0.05) is 6.07 Å². The number of nitrogens with zero attached hydrogens (tertiary/aromatic N) is 5. The predicted molar refractivity (Wildman–Crippen MR) is 125 cm³/mol. The van der Waals surface area contributed by atoms with Crippen molar-refractivity contribution in [2.45, 2.75) is 12.3 Å². The Bertz CT molecular complexity index is 1260. The molecule has 5 rings (SSSR count). The predicted octanol–water partition coefficient (Wildman–Crippen LogP) is 5.32. The first-order valence-electron chi connectivity index (χ1n) is 10.3. The molecular formula is C23H20F2N6OS. The maximum absolute atomic E-state index is 13.4. The van der Waals surface area contributed by atoms with Gasteiger partial charge in [0.25, 0.3) is 5.92 Å². The van der Waals surface area contributed by atoms with Crippen molar-refractivity contribution in [2.24, 2.45) is 5.92 Å². The molecular weight excluding hydrogens is 446 g/mol. The average molecular weight is 467 g/mol. The Morgan fingerprint density at radius 3 is 2.79 bits per heavy atom. The molecule has 0 radical (unpaired) electrons. The quantitative estimate of drug-likeness (QED) is 0.489. The summed E-state index contributed by atoms with van der Waals surface area (Å²) in [6.07, 6.45) is 1.54. The molecule has 33 heavy (non-hydrogen) atoms. The van der Waals surface area contributed by atoms with E-state index in [2.05, 4.69) is 21.4 Å². The van der Waals surface area contributed by atoms with Crippen molar-refractivity contribution >= 4 is 29.3 Å². The van der Waals surface area contributed by atoms with Crippen molar-refractivity contribution in [1.82, 2.24) is 9.97 Å². The average Bonchev–Trinajstić information content (AvgIpc) is 3.30. The smallest absolute Gasteiger partial charge is 0.323 e. The molecule has 0 saturated heterocycles. The van der Waals surface area contributed by atoms with E-state index in [4.69, 9.17) is 4.74 Å². The molecule has 1 atom stereocenters. The lowest BCUT2D eigenvalue weighted by molar-refractivity contribution is 0.101. The van der Waals surface area contributed by atoms with Crippen LogP contribution in [0.3, 0.4) is 0 Å². The maximum atomic E-state index is 13.4. The van der Waals surface area contributed by atoms with E-state index in [9.17, 15) is 14.0 Å². The lowest BCUT2D eigenvalue weighted by Crippen LogP contribution is -2.18. The highest BCUT2D eigenvalue weighted by atomic mass is 32.2. The molecule has 1 fully saturated rings. The summed E-state index contributed by atoms with van der Waals surface area (Å²) in [7, 11) is 3.65. The van der Waals surface area contributed by atoms with Crippen LogP contribution >= 0.6 is 12.1 Å². The molecule has 2 heterocycles. The lowest BCUT2D eigenvalue weighted by Gasteiger charge is -2.16. The minimum atomic E-state index is -2.56. The molecule has 1 N–H and O–H groups in total. The van der Waals surface area contributed by atoms with Gasteiger partial charge in [-0.05, 0) is 42.0 Å². The Balaban J connectivity index is 1.44.